The molecule has 0 fully saturated rings. The van der Waals surface area contributed by atoms with Gasteiger partial charge in [0, 0.05) is 29.7 Å². The van der Waals surface area contributed by atoms with E-state index in [0.29, 0.717) is 27.8 Å². The number of benzene rings is 3. The van der Waals surface area contributed by atoms with Crippen LogP contribution in [0.1, 0.15) is 18.9 Å². The van der Waals surface area contributed by atoms with Crippen molar-refractivity contribution in [3.8, 4) is 11.5 Å². The fourth-order valence-corrected chi connectivity index (χ4v) is 5.89. The van der Waals surface area contributed by atoms with E-state index in [9.17, 15) is 18.0 Å². The fourth-order valence-electron chi connectivity index (χ4n) is 4.14. The second-order valence-electron chi connectivity index (χ2n) is 8.66. The van der Waals surface area contributed by atoms with E-state index in [0.717, 1.165) is 4.31 Å². The summed E-state index contributed by atoms with van der Waals surface area (Å²) in [5.74, 6) is -0.437. The normalized spacial score (nSPS) is 11.8. The van der Waals surface area contributed by atoms with Crippen molar-refractivity contribution in [3.63, 3.8) is 0 Å². The Hall–Kier alpha value is -3.47. The lowest BCUT2D eigenvalue weighted by Gasteiger charge is -2.33. The largest absolute Gasteiger partial charge is 0.493 e. The highest BCUT2D eigenvalue weighted by atomic mass is 35.5. The molecule has 40 heavy (non-hydrogen) atoms. The Balaban J connectivity index is 2.10. The Labute approximate surface area is 244 Å². The number of sulfonamides is 1. The Morgan fingerprint density at radius 3 is 2.17 bits per heavy atom. The number of hydrogen-bond donors (Lipinski definition) is 1. The highest BCUT2D eigenvalue weighted by molar-refractivity contribution is 7.92. The van der Waals surface area contributed by atoms with Gasteiger partial charge in [0.2, 0.25) is 11.8 Å². The molecule has 214 valence electrons. The van der Waals surface area contributed by atoms with Crippen molar-refractivity contribution in [2.45, 2.75) is 30.8 Å². The highest BCUT2D eigenvalue weighted by Crippen LogP contribution is 2.33. The van der Waals surface area contributed by atoms with Crippen LogP contribution < -0.4 is 19.1 Å². The molecule has 12 heteroatoms. The monoisotopic (exact) mass is 607 g/mol. The molecular weight excluding hydrogens is 577 g/mol. The molecule has 3 aromatic rings. The molecule has 0 aromatic heterocycles. The Morgan fingerprint density at radius 2 is 1.60 bits per heavy atom. The summed E-state index contributed by atoms with van der Waals surface area (Å²) in [7, 11) is -0.00172. The molecular formula is C28H31Cl2N3O6S. The standard InChI is InChI=1S/C28H31Cl2N3O6S/c1-5-24(28(35)31-2)32(17-19-8-6-7-9-23(19)30)27(34)18-33(21-12-10-20(29)11-13-21)40(36,37)22-14-15-25(38-3)26(16-22)39-4/h6-16,24H,5,17-18H2,1-4H3,(H,31,35)/t24-/m1/s1. The van der Waals surface area contributed by atoms with Gasteiger partial charge in [-0.2, -0.15) is 0 Å². The summed E-state index contributed by atoms with van der Waals surface area (Å²) in [5, 5.41) is 3.39. The van der Waals surface area contributed by atoms with Gasteiger partial charge in [-0.1, -0.05) is 48.3 Å². The van der Waals surface area contributed by atoms with Crippen LogP contribution in [0.4, 0.5) is 5.69 Å². The minimum Gasteiger partial charge on any atom is -0.493 e. The van der Waals surface area contributed by atoms with E-state index in [2.05, 4.69) is 5.32 Å². The molecule has 0 spiro atoms. The van der Waals surface area contributed by atoms with E-state index < -0.39 is 28.5 Å². The summed E-state index contributed by atoms with van der Waals surface area (Å²) in [6, 6.07) is 16.3. The van der Waals surface area contributed by atoms with Gasteiger partial charge in [0.15, 0.2) is 11.5 Å². The SMILES string of the molecule is CC[C@H](C(=O)NC)N(Cc1ccccc1Cl)C(=O)CN(c1ccc(Cl)cc1)S(=O)(=O)c1ccc(OC)c(OC)c1. The molecule has 1 atom stereocenters. The molecule has 9 nitrogen and oxygen atoms in total. The third kappa shape index (κ3) is 6.99. The van der Waals surface area contributed by atoms with Gasteiger partial charge in [-0.05, 0) is 54.4 Å². The number of nitrogens with one attached hydrogen (secondary N) is 1. The number of anilines is 1. The van der Waals surface area contributed by atoms with Crippen molar-refractivity contribution in [2.75, 3.05) is 32.1 Å². The predicted molar refractivity (Wildman–Crippen MR) is 156 cm³/mol. The second kappa shape index (κ2) is 13.7. The van der Waals surface area contributed by atoms with E-state index in [1.807, 2.05) is 0 Å². The number of carbonyl (C=O) groups is 2. The predicted octanol–water partition coefficient (Wildman–Crippen LogP) is 4.76. The number of amides is 2. The van der Waals surface area contributed by atoms with Gasteiger partial charge in [-0.15, -0.1) is 0 Å². The average Bonchev–Trinajstić information content (AvgIpc) is 2.96. The van der Waals surface area contributed by atoms with Crippen LogP contribution in [0.3, 0.4) is 0 Å². The van der Waals surface area contributed by atoms with Crippen LogP contribution in [0.25, 0.3) is 0 Å². The molecule has 0 unspecified atom stereocenters. The maximum Gasteiger partial charge on any atom is 0.264 e. The lowest BCUT2D eigenvalue weighted by atomic mass is 10.1. The van der Waals surface area contributed by atoms with Gasteiger partial charge < -0.3 is 19.7 Å². The molecule has 0 bridgehead atoms. The van der Waals surface area contributed by atoms with Crippen LogP contribution in [0.5, 0.6) is 11.5 Å². The van der Waals surface area contributed by atoms with Crippen molar-refractivity contribution < 1.29 is 27.5 Å². The van der Waals surface area contributed by atoms with Crippen molar-refractivity contribution >= 4 is 50.7 Å². The summed E-state index contributed by atoms with van der Waals surface area (Å²) in [4.78, 5) is 28.0. The number of methoxy groups -OCH3 is 2. The second-order valence-corrected chi connectivity index (χ2v) is 11.4. The van der Waals surface area contributed by atoms with Gasteiger partial charge in [0.25, 0.3) is 10.0 Å². The zero-order valence-electron chi connectivity index (χ0n) is 22.6. The fraction of sp³-hybridized carbons (Fsp3) is 0.286. The van der Waals surface area contributed by atoms with Crippen LogP contribution in [0, 0.1) is 0 Å². The van der Waals surface area contributed by atoms with E-state index >= 15 is 0 Å². The Morgan fingerprint density at radius 1 is 0.950 bits per heavy atom. The van der Waals surface area contributed by atoms with Crippen LogP contribution >= 0.6 is 23.2 Å². The molecule has 2 amide bonds. The summed E-state index contributed by atoms with van der Waals surface area (Å²) in [6.07, 6.45) is 0.291. The van der Waals surface area contributed by atoms with E-state index in [4.69, 9.17) is 32.7 Å². The minimum absolute atomic E-state index is 0.00467. The van der Waals surface area contributed by atoms with Crippen LogP contribution in [-0.4, -0.2) is 59.0 Å². The maximum atomic E-state index is 14.0. The molecule has 3 aromatic carbocycles. The number of hydrogen-bond acceptors (Lipinski definition) is 6. The molecule has 0 aliphatic heterocycles. The zero-order valence-corrected chi connectivity index (χ0v) is 24.9. The van der Waals surface area contributed by atoms with Crippen molar-refractivity contribution in [2.24, 2.45) is 0 Å². The molecule has 0 heterocycles. The van der Waals surface area contributed by atoms with E-state index in [1.165, 1.54) is 68.6 Å². The number of nitrogens with zero attached hydrogens (tertiary/aromatic N) is 2. The molecule has 1 N–H and O–H groups in total. The number of rotatable bonds is 12. The Kier molecular flexibility index (Phi) is 10.7. The summed E-state index contributed by atoms with van der Waals surface area (Å²) in [5.41, 5.74) is 0.818. The molecule has 0 saturated carbocycles. The van der Waals surface area contributed by atoms with Crippen molar-refractivity contribution in [1.29, 1.82) is 0 Å². The average molecular weight is 609 g/mol. The molecule has 0 aliphatic rings. The van der Waals surface area contributed by atoms with Gasteiger partial charge >= 0.3 is 0 Å². The number of halogens is 2. The first-order valence-corrected chi connectivity index (χ1v) is 14.5. The lowest BCUT2D eigenvalue weighted by Crippen LogP contribution is -2.51. The summed E-state index contributed by atoms with van der Waals surface area (Å²) in [6.45, 7) is 1.16. The Bertz CT molecular complexity index is 1450. The first kappa shape index (κ1) is 31.1. The minimum atomic E-state index is -4.31. The first-order chi connectivity index (χ1) is 19.1. The van der Waals surface area contributed by atoms with Crippen molar-refractivity contribution in [1.82, 2.24) is 10.2 Å². The molecule has 0 radical (unpaired) electrons. The van der Waals surface area contributed by atoms with Crippen molar-refractivity contribution in [3.05, 3.63) is 82.3 Å². The van der Waals surface area contributed by atoms with Gasteiger partial charge in [0.1, 0.15) is 12.6 Å². The quantitative estimate of drug-likeness (QED) is 0.318. The number of carbonyl (C=O) groups excluding carboxylic acids is 2. The molecule has 0 saturated heterocycles. The van der Waals surface area contributed by atoms with Gasteiger partial charge in [-0.25, -0.2) is 8.42 Å². The maximum absolute atomic E-state index is 14.0. The van der Waals surface area contributed by atoms with E-state index in [1.54, 1.807) is 31.2 Å². The topological polar surface area (TPSA) is 105 Å². The third-order valence-electron chi connectivity index (χ3n) is 6.27. The van der Waals surface area contributed by atoms with Gasteiger partial charge in [-0.3, -0.25) is 13.9 Å². The zero-order chi connectivity index (χ0) is 29.4. The smallest absolute Gasteiger partial charge is 0.264 e. The number of likely N-dealkylation sites (N-methyl/N-ethyl adjacent to an activating group) is 1. The number of ether oxygens (including phenoxy) is 2. The highest BCUT2D eigenvalue weighted by Gasteiger charge is 2.34. The van der Waals surface area contributed by atoms with Gasteiger partial charge in [0.05, 0.1) is 24.8 Å². The lowest BCUT2D eigenvalue weighted by molar-refractivity contribution is -0.140. The summed E-state index contributed by atoms with van der Waals surface area (Å²) >= 11 is 12.4. The van der Waals surface area contributed by atoms with Crippen LogP contribution in [0.2, 0.25) is 10.0 Å². The van der Waals surface area contributed by atoms with E-state index in [-0.39, 0.29) is 28.8 Å². The molecule has 0 aliphatic carbocycles. The molecule has 3 rings (SSSR count). The first-order valence-electron chi connectivity index (χ1n) is 12.3. The third-order valence-corrected chi connectivity index (χ3v) is 8.66. The van der Waals surface area contributed by atoms with Crippen LogP contribution in [0.15, 0.2) is 71.6 Å². The van der Waals surface area contributed by atoms with Crippen LogP contribution in [-0.2, 0) is 26.2 Å². The summed E-state index contributed by atoms with van der Waals surface area (Å²) < 4.78 is 39.5.